The number of halogens is 3. The highest BCUT2D eigenvalue weighted by Crippen LogP contribution is 2.28. The first-order valence-corrected chi connectivity index (χ1v) is 6.50. The van der Waals surface area contributed by atoms with E-state index >= 15 is 0 Å². The number of nitrogens with one attached hydrogen (secondary N) is 1. The van der Waals surface area contributed by atoms with E-state index in [1.807, 2.05) is 7.05 Å². The van der Waals surface area contributed by atoms with Crippen LogP contribution in [0.25, 0.3) is 0 Å². The molecule has 0 radical (unpaired) electrons. The van der Waals surface area contributed by atoms with E-state index in [2.05, 4.69) is 9.88 Å². The van der Waals surface area contributed by atoms with Gasteiger partial charge in [-0.15, -0.1) is 0 Å². The van der Waals surface area contributed by atoms with Gasteiger partial charge in [0.2, 0.25) is 0 Å². The van der Waals surface area contributed by atoms with Crippen LogP contribution in [0.1, 0.15) is 28.9 Å². The van der Waals surface area contributed by atoms with Gasteiger partial charge in [-0.05, 0) is 26.0 Å². The van der Waals surface area contributed by atoms with Crippen molar-refractivity contribution in [3.05, 3.63) is 23.5 Å². The number of hydrogen-bond acceptors (Lipinski definition) is 2. The van der Waals surface area contributed by atoms with E-state index in [-0.39, 0.29) is 5.56 Å². The Morgan fingerprint density at radius 3 is 2.50 bits per heavy atom. The third-order valence-corrected chi connectivity index (χ3v) is 3.54. The number of aromatic nitrogens is 1. The molecule has 1 fully saturated rings. The van der Waals surface area contributed by atoms with Crippen molar-refractivity contribution in [3.8, 4) is 0 Å². The van der Waals surface area contributed by atoms with Crippen molar-refractivity contribution < 1.29 is 18.0 Å². The molecule has 2 rings (SSSR count). The summed E-state index contributed by atoms with van der Waals surface area (Å²) >= 11 is 0. The maximum Gasteiger partial charge on any atom is 0.431 e. The second-order valence-electron chi connectivity index (χ2n) is 5.24. The summed E-state index contributed by atoms with van der Waals surface area (Å²) in [5, 5.41) is 0. The largest absolute Gasteiger partial charge is 0.431 e. The zero-order valence-corrected chi connectivity index (χ0v) is 11.5. The van der Waals surface area contributed by atoms with Crippen molar-refractivity contribution in [3.63, 3.8) is 0 Å². The van der Waals surface area contributed by atoms with Gasteiger partial charge in [-0.2, -0.15) is 13.2 Å². The number of amides is 1. The predicted octanol–water partition coefficient (Wildman–Crippen LogP) is 2.20. The fraction of sp³-hybridized carbons (Fsp3) is 0.615. The topological polar surface area (TPSA) is 39.3 Å². The minimum Gasteiger partial charge on any atom is -0.357 e. The predicted molar refractivity (Wildman–Crippen MR) is 68.4 cm³/mol. The van der Waals surface area contributed by atoms with Crippen molar-refractivity contribution in [2.75, 3.05) is 27.2 Å². The molecule has 1 aromatic rings. The molecule has 1 aliphatic carbocycles. The van der Waals surface area contributed by atoms with Crippen molar-refractivity contribution in [2.45, 2.75) is 25.1 Å². The molecule has 0 saturated heterocycles. The Morgan fingerprint density at radius 2 is 2.00 bits per heavy atom. The molecular formula is C13H18F3N3O. The first-order valence-electron chi connectivity index (χ1n) is 6.50. The summed E-state index contributed by atoms with van der Waals surface area (Å²) in [5.74, 6) is -0.402. The van der Waals surface area contributed by atoms with Gasteiger partial charge in [0.05, 0.1) is 5.56 Å². The van der Waals surface area contributed by atoms with E-state index in [1.165, 1.54) is 17.7 Å². The van der Waals surface area contributed by atoms with Gasteiger partial charge in [-0.1, -0.05) is 0 Å². The molecule has 1 aliphatic rings. The Morgan fingerprint density at radius 1 is 1.35 bits per heavy atom. The lowest BCUT2D eigenvalue weighted by molar-refractivity contribution is -0.140. The summed E-state index contributed by atoms with van der Waals surface area (Å²) in [6, 6.07) is 1.45. The Hall–Kier alpha value is -1.50. The summed E-state index contributed by atoms with van der Waals surface area (Å²) in [6.07, 6.45) is -0.989. The van der Waals surface area contributed by atoms with Gasteiger partial charge < -0.3 is 14.8 Å². The number of carbonyl (C=O) groups excluding carboxylic acids is 1. The first kappa shape index (κ1) is 14.9. The van der Waals surface area contributed by atoms with E-state index in [0.29, 0.717) is 12.6 Å². The molecule has 0 atom stereocenters. The van der Waals surface area contributed by atoms with E-state index in [0.717, 1.165) is 18.8 Å². The molecule has 4 nitrogen and oxygen atoms in total. The van der Waals surface area contributed by atoms with Crippen molar-refractivity contribution >= 4 is 5.91 Å². The van der Waals surface area contributed by atoms with Crippen LogP contribution in [0, 0.1) is 0 Å². The van der Waals surface area contributed by atoms with Gasteiger partial charge in [0.25, 0.3) is 5.91 Å². The highest BCUT2D eigenvalue weighted by atomic mass is 19.4. The van der Waals surface area contributed by atoms with Crippen LogP contribution in [0.2, 0.25) is 0 Å². The summed E-state index contributed by atoms with van der Waals surface area (Å²) in [6.45, 7) is 1.22. The Labute approximate surface area is 115 Å². The number of alkyl halides is 3. The molecule has 0 aromatic carbocycles. The molecule has 0 aliphatic heterocycles. The average molecular weight is 289 g/mol. The van der Waals surface area contributed by atoms with Crippen LogP contribution in [0.4, 0.5) is 13.2 Å². The highest BCUT2D eigenvalue weighted by Gasteiger charge is 2.33. The van der Waals surface area contributed by atoms with Crippen LogP contribution in [0.3, 0.4) is 0 Å². The van der Waals surface area contributed by atoms with Gasteiger partial charge in [0.15, 0.2) is 0 Å². The van der Waals surface area contributed by atoms with Crippen LogP contribution >= 0.6 is 0 Å². The number of H-pyrrole nitrogens is 1. The Kier molecular flexibility index (Phi) is 4.08. The minimum absolute atomic E-state index is 0.0360. The summed E-state index contributed by atoms with van der Waals surface area (Å²) in [4.78, 5) is 17.7. The molecule has 0 spiro atoms. The van der Waals surface area contributed by atoms with Crippen LogP contribution in [-0.4, -0.2) is 53.9 Å². The van der Waals surface area contributed by atoms with Crippen LogP contribution in [-0.2, 0) is 6.18 Å². The molecule has 7 heteroatoms. The number of nitrogens with zero attached hydrogens (tertiary/aromatic N) is 2. The third kappa shape index (κ3) is 3.53. The van der Waals surface area contributed by atoms with E-state index < -0.39 is 17.8 Å². The quantitative estimate of drug-likeness (QED) is 0.902. The lowest BCUT2D eigenvalue weighted by Gasteiger charge is -2.21. The highest BCUT2D eigenvalue weighted by molar-refractivity contribution is 5.94. The van der Waals surface area contributed by atoms with E-state index in [4.69, 9.17) is 0 Å². The summed E-state index contributed by atoms with van der Waals surface area (Å²) in [5.41, 5.74) is -0.863. The van der Waals surface area contributed by atoms with E-state index in [9.17, 15) is 18.0 Å². The second kappa shape index (κ2) is 5.47. The Balaban J connectivity index is 1.90. The normalized spacial score (nSPS) is 15.7. The molecule has 1 saturated carbocycles. The molecule has 0 unspecified atom stereocenters. The van der Waals surface area contributed by atoms with Gasteiger partial charge in [0, 0.05) is 32.4 Å². The molecule has 1 heterocycles. The van der Waals surface area contributed by atoms with Gasteiger partial charge in [0.1, 0.15) is 5.69 Å². The fourth-order valence-electron chi connectivity index (χ4n) is 2.01. The van der Waals surface area contributed by atoms with E-state index in [1.54, 1.807) is 7.05 Å². The average Bonchev–Trinajstić information content (AvgIpc) is 3.10. The molecule has 1 aromatic heterocycles. The maximum absolute atomic E-state index is 12.5. The van der Waals surface area contributed by atoms with Crippen LogP contribution in [0.15, 0.2) is 12.3 Å². The number of rotatable bonds is 5. The van der Waals surface area contributed by atoms with Gasteiger partial charge >= 0.3 is 6.18 Å². The molecule has 20 heavy (non-hydrogen) atoms. The standard InChI is InChI=1S/C13H18F3N3O/c1-18(10-3-4-10)5-6-19(2)12(20)9-7-11(17-8-9)13(14,15)16/h7-8,10,17H,3-6H2,1-2H3. The number of hydrogen-bond donors (Lipinski definition) is 1. The van der Waals surface area contributed by atoms with Gasteiger partial charge in [-0.3, -0.25) is 4.79 Å². The third-order valence-electron chi connectivity index (χ3n) is 3.54. The van der Waals surface area contributed by atoms with Crippen LogP contribution < -0.4 is 0 Å². The monoisotopic (exact) mass is 289 g/mol. The Bertz CT molecular complexity index is 479. The van der Waals surface area contributed by atoms with Crippen LogP contribution in [0.5, 0.6) is 0 Å². The van der Waals surface area contributed by atoms with Crippen molar-refractivity contribution in [1.29, 1.82) is 0 Å². The molecular weight excluding hydrogens is 271 g/mol. The number of carbonyl (C=O) groups is 1. The molecule has 1 amide bonds. The first-order chi connectivity index (χ1) is 9.29. The van der Waals surface area contributed by atoms with Gasteiger partial charge in [-0.25, -0.2) is 0 Å². The summed E-state index contributed by atoms with van der Waals surface area (Å²) < 4.78 is 37.4. The zero-order chi connectivity index (χ0) is 14.9. The number of likely N-dealkylation sites (N-methyl/N-ethyl adjacent to an activating group) is 2. The molecule has 1 N–H and O–H groups in total. The van der Waals surface area contributed by atoms with Crippen molar-refractivity contribution in [1.82, 2.24) is 14.8 Å². The summed E-state index contributed by atoms with van der Waals surface area (Å²) in [7, 11) is 3.59. The maximum atomic E-state index is 12.5. The lowest BCUT2D eigenvalue weighted by atomic mass is 10.2. The zero-order valence-electron chi connectivity index (χ0n) is 11.5. The van der Waals surface area contributed by atoms with Crippen molar-refractivity contribution in [2.24, 2.45) is 0 Å². The molecule has 0 bridgehead atoms. The minimum atomic E-state index is -4.46. The molecule has 112 valence electrons. The number of aromatic amines is 1. The SMILES string of the molecule is CN(CCN(C)C1CC1)C(=O)c1c[nH]c(C(F)(F)F)c1. The second-order valence-corrected chi connectivity index (χ2v) is 5.24. The smallest absolute Gasteiger partial charge is 0.357 e. The lowest BCUT2D eigenvalue weighted by Crippen LogP contribution is -2.35. The fourth-order valence-corrected chi connectivity index (χ4v) is 2.01.